The maximum absolute atomic E-state index is 11.3. The van der Waals surface area contributed by atoms with E-state index in [0.717, 1.165) is 12.8 Å². The van der Waals surface area contributed by atoms with Crippen molar-refractivity contribution in [3.63, 3.8) is 0 Å². The summed E-state index contributed by atoms with van der Waals surface area (Å²) in [6, 6.07) is 8.26. The molecule has 0 N–H and O–H groups in total. The summed E-state index contributed by atoms with van der Waals surface area (Å²) in [6.07, 6.45) is 6.21. The van der Waals surface area contributed by atoms with Crippen LogP contribution in [-0.4, -0.2) is 10.8 Å². The number of fused-ring (bicyclic) bond motifs is 1. The number of rotatable bonds is 1. The minimum Gasteiger partial charge on any atom is -0.300 e. The molecular formula is C14H13NO. The second-order valence-electron chi connectivity index (χ2n) is 4.43. The van der Waals surface area contributed by atoms with Gasteiger partial charge in [-0.05, 0) is 23.3 Å². The Morgan fingerprint density at radius 3 is 2.88 bits per heavy atom. The molecule has 16 heavy (non-hydrogen) atoms. The summed E-state index contributed by atoms with van der Waals surface area (Å²) in [4.78, 5) is 15.6. The molecule has 2 nitrogen and oxygen atoms in total. The molecule has 1 aromatic carbocycles. The summed E-state index contributed by atoms with van der Waals surface area (Å²) < 4.78 is 0. The van der Waals surface area contributed by atoms with Crippen LogP contribution in [0.3, 0.4) is 0 Å². The SMILES string of the molecule is O=C1CCC(c2cncc3ccccc23)C1. The molecule has 0 amide bonds. The van der Waals surface area contributed by atoms with Gasteiger partial charge in [-0.3, -0.25) is 9.78 Å². The molecule has 1 aromatic heterocycles. The zero-order valence-corrected chi connectivity index (χ0v) is 9.02. The molecule has 1 fully saturated rings. The Bertz CT molecular complexity index is 542. The second kappa shape index (κ2) is 3.71. The first kappa shape index (κ1) is 9.52. The fourth-order valence-corrected chi connectivity index (χ4v) is 2.54. The summed E-state index contributed by atoms with van der Waals surface area (Å²) in [5, 5.41) is 2.41. The van der Waals surface area contributed by atoms with Gasteiger partial charge in [0, 0.05) is 30.6 Å². The highest BCUT2D eigenvalue weighted by molar-refractivity contribution is 5.87. The number of Topliss-reactive ketones (excluding diaryl/α,β-unsaturated/α-hetero) is 1. The van der Waals surface area contributed by atoms with Crippen molar-refractivity contribution in [3.8, 4) is 0 Å². The van der Waals surface area contributed by atoms with E-state index in [-0.39, 0.29) is 0 Å². The van der Waals surface area contributed by atoms with Crippen molar-refractivity contribution >= 4 is 16.6 Å². The molecule has 1 saturated carbocycles. The van der Waals surface area contributed by atoms with Gasteiger partial charge in [0.05, 0.1) is 0 Å². The average Bonchev–Trinajstić information content (AvgIpc) is 2.75. The highest BCUT2D eigenvalue weighted by Crippen LogP contribution is 2.35. The first-order valence-corrected chi connectivity index (χ1v) is 5.69. The predicted molar refractivity (Wildman–Crippen MR) is 63.3 cm³/mol. The van der Waals surface area contributed by atoms with Crippen LogP contribution in [-0.2, 0) is 4.79 Å². The zero-order chi connectivity index (χ0) is 11.0. The first-order valence-electron chi connectivity index (χ1n) is 5.69. The highest BCUT2D eigenvalue weighted by atomic mass is 16.1. The third-order valence-electron chi connectivity index (χ3n) is 3.38. The van der Waals surface area contributed by atoms with Gasteiger partial charge in [0.25, 0.3) is 0 Å². The lowest BCUT2D eigenvalue weighted by Crippen LogP contribution is -1.96. The number of benzene rings is 1. The van der Waals surface area contributed by atoms with Gasteiger partial charge in [-0.15, -0.1) is 0 Å². The molecule has 0 radical (unpaired) electrons. The molecule has 1 unspecified atom stereocenters. The number of carbonyl (C=O) groups is 1. The Hall–Kier alpha value is -1.70. The molecule has 2 aromatic rings. The Morgan fingerprint density at radius 2 is 2.06 bits per heavy atom. The van der Waals surface area contributed by atoms with Gasteiger partial charge in [-0.2, -0.15) is 0 Å². The molecule has 0 spiro atoms. The Balaban J connectivity index is 2.13. The summed E-state index contributed by atoms with van der Waals surface area (Å²) in [5.74, 6) is 0.768. The predicted octanol–water partition coefficient (Wildman–Crippen LogP) is 3.07. The molecule has 1 heterocycles. The molecule has 0 bridgehead atoms. The molecular weight excluding hydrogens is 198 g/mol. The van der Waals surface area contributed by atoms with Crippen molar-refractivity contribution in [2.75, 3.05) is 0 Å². The van der Waals surface area contributed by atoms with Gasteiger partial charge in [0.1, 0.15) is 5.78 Å². The van der Waals surface area contributed by atoms with Crippen LogP contribution in [0.2, 0.25) is 0 Å². The van der Waals surface area contributed by atoms with Crippen LogP contribution < -0.4 is 0 Å². The van der Waals surface area contributed by atoms with Crippen LogP contribution in [0.4, 0.5) is 0 Å². The lowest BCUT2D eigenvalue weighted by Gasteiger charge is -2.11. The van der Waals surface area contributed by atoms with Crippen LogP contribution in [0.1, 0.15) is 30.7 Å². The van der Waals surface area contributed by atoms with Crippen LogP contribution in [0.25, 0.3) is 10.8 Å². The number of aromatic nitrogens is 1. The van der Waals surface area contributed by atoms with Crippen LogP contribution in [0.5, 0.6) is 0 Å². The Morgan fingerprint density at radius 1 is 1.19 bits per heavy atom. The maximum atomic E-state index is 11.3. The van der Waals surface area contributed by atoms with Gasteiger partial charge >= 0.3 is 0 Å². The lowest BCUT2D eigenvalue weighted by atomic mass is 9.94. The van der Waals surface area contributed by atoms with E-state index in [0.29, 0.717) is 18.1 Å². The maximum Gasteiger partial charge on any atom is 0.133 e. The van der Waals surface area contributed by atoms with Crippen molar-refractivity contribution in [3.05, 3.63) is 42.2 Å². The first-order chi connectivity index (χ1) is 7.84. The monoisotopic (exact) mass is 211 g/mol. The van der Waals surface area contributed by atoms with Crippen molar-refractivity contribution in [1.29, 1.82) is 0 Å². The van der Waals surface area contributed by atoms with E-state index >= 15 is 0 Å². The summed E-state index contributed by atoms with van der Waals surface area (Å²) in [7, 11) is 0. The molecule has 1 aliphatic rings. The quantitative estimate of drug-likeness (QED) is 0.725. The number of pyridine rings is 1. The molecule has 80 valence electrons. The van der Waals surface area contributed by atoms with Gasteiger partial charge in [-0.25, -0.2) is 0 Å². The lowest BCUT2D eigenvalue weighted by molar-refractivity contribution is -0.117. The van der Waals surface area contributed by atoms with E-state index in [1.54, 1.807) is 0 Å². The smallest absolute Gasteiger partial charge is 0.133 e. The number of ketones is 1. The van der Waals surface area contributed by atoms with Gasteiger partial charge in [-0.1, -0.05) is 24.3 Å². The molecule has 0 aliphatic heterocycles. The number of nitrogens with zero attached hydrogens (tertiary/aromatic N) is 1. The van der Waals surface area contributed by atoms with E-state index in [2.05, 4.69) is 17.1 Å². The normalized spacial score (nSPS) is 20.5. The van der Waals surface area contributed by atoms with Gasteiger partial charge in [0.2, 0.25) is 0 Å². The largest absolute Gasteiger partial charge is 0.300 e. The summed E-state index contributed by atoms with van der Waals surface area (Å²) in [5.41, 5.74) is 1.24. The van der Waals surface area contributed by atoms with Crippen LogP contribution in [0, 0.1) is 0 Å². The van der Waals surface area contributed by atoms with E-state index < -0.39 is 0 Å². The van der Waals surface area contributed by atoms with E-state index in [4.69, 9.17) is 0 Å². The zero-order valence-electron chi connectivity index (χ0n) is 9.02. The van der Waals surface area contributed by atoms with Gasteiger partial charge in [0.15, 0.2) is 0 Å². The standard InChI is InChI=1S/C14H13NO/c16-12-6-5-10(7-12)14-9-15-8-11-3-1-2-4-13(11)14/h1-4,8-10H,5-7H2. The van der Waals surface area contributed by atoms with E-state index in [1.165, 1.54) is 16.3 Å². The van der Waals surface area contributed by atoms with E-state index in [1.807, 2.05) is 24.5 Å². The topological polar surface area (TPSA) is 30.0 Å². The fraction of sp³-hybridized carbons (Fsp3) is 0.286. The van der Waals surface area contributed by atoms with E-state index in [9.17, 15) is 4.79 Å². The molecule has 1 atom stereocenters. The molecule has 1 aliphatic carbocycles. The van der Waals surface area contributed by atoms with Crippen molar-refractivity contribution in [2.45, 2.75) is 25.2 Å². The molecule has 3 rings (SSSR count). The Kier molecular flexibility index (Phi) is 2.21. The summed E-state index contributed by atoms with van der Waals surface area (Å²) in [6.45, 7) is 0. The molecule has 0 saturated heterocycles. The van der Waals surface area contributed by atoms with Gasteiger partial charge < -0.3 is 0 Å². The number of hydrogen-bond donors (Lipinski definition) is 0. The third-order valence-corrected chi connectivity index (χ3v) is 3.38. The number of hydrogen-bond acceptors (Lipinski definition) is 2. The number of carbonyl (C=O) groups excluding carboxylic acids is 1. The minimum absolute atomic E-state index is 0.381. The van der Waals surface area contributed by atoms with Crippen molar-refractivity contribution in [2.24, 2.45) is 0 Å². The average molecular weight is 211 g/mol. The highest BCUT2D eigenvalue weighted by Gasteiger charge is 2.24. The third kappa shape index (κ3) is 1.51. The second-order valence-corrected chi connectivity index (χ2v) is 4.43. The fourth-order valence-electron chi connectivity index (χ4n) is 2.54. The molecule has 2 heteroatoms. The van der Waals surface area contributed by atoms with Crippen LogP contribution in [0.15, 0.2) is 36.7 Å². The summed E-state index contributed by atoms with van der Waals surface area (Å²) >= 11 is 0. The van der Waals surface area contributed by atoms with Crippen LogP contribution >= 0.6 is 0 Å². The minimum atomic E-state index is 0.381. The van der Waals surface area contributed by atoms with Crippen molar-refractivity contribution < 1.29 is 4.79 Å². The van der Waals surface area contributed by atoms with Crippen molar-refractivity contribution in [1.82, 2.24) is 4.98 Å². The Labute approximate surface area is 94.3 Å².